The van der Waals surface area contributed by atoms with Crippen molar-refractivity contribution in [1.29, 1.82) is 0 Å². The Hall–Kier alpha value is -0.520. The molecule has 5 fully saturated rings. The molecule has 5 rings (SSSR count). The summed E-state index contributed by atoms with van der Waals surface area (Å²) < 4.78 is 0. The van der Waals surface area contributed by atoms with Crippen LogP contribution in [-0.4, -0.2) is 22.9 Å². The largest absolute Gasteiger partial charge is 0.396 e. The van der Waals surface area contributed by atoms with E-state index in [1.165, 1.54) is 38.5 Å². The maximum absolute atomic E-state index is 10.9. The molecule has 5 aliphatic rings. The fraction of sp³-hybridized carbons (Fsp3) is 0.931. The van der Waals surface area contributed by atoms with Crippen molar-refractivity contribution in [2.45, 2.75) is 105 Å². The van der Waals surface area contributed by atoms with Gasteiger partial charge in [-0.2, -0.15) is 0 Å². The number of aliphatic hydroxyl groups is 2. The van der Waals surface area contributed by atoms with E-state index >= 15 is 0 Å². The summed E-state index contributed by atoms with van der Waals surface area (Å²) in [6, 6.07) is 0. The van der Waals surface area contributed by atoms with Gasteiger partial charge in [-0.15, -0.1) is 12.3 Å². The number of rotatable bonds is 1. The third-order valence-electron chi connectivity index (χ3n) is 13.1. The van der Waals surface area contributed by atoms with E-state index in [9.17, 15) is 10.2 Å². The second-order valence-corrected chi connectivity index (χ2v) is 13.9. The van der Waals surface area contributed by atoms with Crippen LogP contribution in [0.2, 0.25) is 0 Å². The van der Waals surface area contributed by atoms with E-state index in [4.69, 9.17) is 6.42 Å². The zero-order chi connectivity index (χ0) is 22.4. The molecule has 0 saturated heterocycles. The Kier molecular flexibility index (Phi) is 4.86. The van der Waals surface area contributed by atoms with Crippen LogP contribution in [0.3, 0.4) is 0 Å². The Balaban J connectivity index is 1.55. The van der Waals surface area contributed by atoms with Gasteiger partial charge in [-0.05, 0) is 115 Å². The molecule has 0 heterocycles. The lowest BCUT2D eigenvalue weighted by atomic mass is 9.32. The second kappa shape index (κ2) is 6.76. The molecule has 0 aromatic rings. The van der Waals surface area contributed by atoms with Crippen LogP contribution in [0.25, 0.3) is 0 Å². The van der Waals surface area contributed by atoms with Crippen molar-refractivity contribution in [3.05, 3.63) is 0 Å². The summed E-state index contributed by atoms with van der Waals surface area (Å²) in [5, 5.41) is 21.4. The quantitative estimate of drug-likeness (QED) is 0.501. The van der Waals surface area contributed by atoms with E-state index in [1.807, 2.05) is 0 Å². The standard InChI is InChI=1S/C29H46O2/c1-7-19-10-15-29(18-30)17-16-27(5)20(24(19)29)8-9-22-26(4)13-12-23(31)25(2,3)21(26)11-14-28(22,27)6/h1,19-24,30-31H,8-18H2,2-6H3/t19-,20-,21+,22-,23+,24-,26+,27-,28-,29-/m1/s1. The lowest BCUT2D eigenvalue weighted by Gasteiger charge is -2.72. The van der Waals surface area contributed by atoms with E-state index < -0.39 is 0 Å². The Morgan fingerprint density at radius 3 is 2.23 bits per heavy atom. The van der Waals surface area contributed by atoms with Crippen molar-refractivity contribution >= 4 is 0 Å². The summed E-state index contributed by atoms with van der Waals surface area (Å²) in [5.74, 6) is 6.06. The van der Waals surface area contributed by atoms with Gasteiger partial charge < -0.3 is 10.2 Å². The van der Waals surface area contributed by atoms with Gasteiger partial charge in [-0.25, -0.2) is 0 Å². The van der Waals surface area contributed by atoms with E-state index in [0.29, 0.717) is 46.5 Å². The first-order valence-corrected chi connectivity index (χ1v) is 13.3. The molecule has 31 heavy (non-hydrogen) atoms. The van der Waals surface area contributed by atoms with Crippen LogP contribution in [0.15, 0.2) is 0 Å². The normalized spacial score (nSPS) is 57.7. The van der Waals surface area contributed by atoms with Crippen molar-refractivity contribution in [1.82, 2.24) is 0 Å². The smallest absolute Gasteiger partial charge is 0.0594 e. The first-order valence-electron chi connectivity index (χ1n) is 13.3. The Morgan fingerprint density at radius 1 is 0.806 bits per heavy atom. The van der Waals surface area contributed by atoms with Crippen molar-refractivity contribution in [3.8, 4) is 12.3 Å². The molecule has 0 aliphatic heterocycles. The van der Waals surface area contributed by atoms with Crippen LogP contribution in [0, 0.1) is 69.0 Å². The number of aliphatic hydroxyl groups excluding tert-OH is 2. The van der Waals surface area contributed by atoms with E-state index in [2.05, 4.69) is 40.5 Å². The first-order chi connectivity index (χ1) is 14.5. The predicted molar refractivity (Wildman–Crippen MR) is 126 cm³/mol. The molecule has 0 aromatic heterocycles. The molecule has 0 spiro atoms. The molecule has 10 atom stereocenters. The van der Waals surface area contributed by atoms with Gasteiger partial charge in [0, 0.05) is 12.5 Å². The summed E-state index contributed by atoms with van der Waals surface area (Å²) in [6.45, 7) is 12.9. The predicted octanol–water partition coefficient (Wildman–Crippen LogP) is 6.05. The average molecular weight is 427 g/mol. The van der Waals surface area contributed by atoms with Gasteiger partial charge >= 0.3 is 0 Å². The van der Waals surface area contributed by atoms with Gasteiger partial charge in [0.2, 0.25) is 0 Å². The monoisotopic (exact) mass is 426 g/mol. The van der Waals surface area contributed by atoms with E-state index in [-0.39, 0.29) is 16.9 Å². The van der Waals surface area contributed by atoms with Gasteiger partial charge in [-0.1, -0.05) is 34.6 Å². The van der Waals surface area contributed by atoms with Crippen molar-refractivity contribution in [2.24, 2.45) is 56.7 Å². The average Bonchev–Trinajstić information content (AvgIpc) is 3.11. The lowest BCUT2D eigenvalue weighted by molar-refractivity contribution is -0.249. The van der Waals surface area contributed by atoms with Gasteiger partial charge in [0.1, 0.15) is 0 Å². The zero-order valence-electron chi connectivity index (χ0n) is 20.7. The fourth-order valence-corrected chi connectivity index (χ4v) is 11.2. The molecule has 2 N–H and O–H groups in total. The molecule has 2 heteroatoms. The molecule has 5 saturated carbocycles. The molecule has 174 valence electrons. The fourth-order valence-electron chi connectivity index (χ4n) is 11.2. The SMILES string of the molecule is C#C[C@@H]1CC[C@]2(CO)CC[C@]3(C)[C@H](CC[C@@H]4[C@@]5(C)CC[C@H](O)C(C)(C)[C@@H]5CC[C@]43C)[C@@H]12. The zero-order valence-corrected chi connectivity index (χ0v) is 20.7. The van der Waals surface area contributed by atoms with Crippen molar-refractivity contribution in [2.75, 3.05) is 6.61 Å². The van der Waals surface area contributed by atoms with Crippen LogP contribution in [0.1, 0.15) is 98.8 Å². The van der Waals surface area contributed by atoms with Crippen molar-refractivity contribution < 1.29 is 10.2 Å². The topological polar surface area (TPSA) is 40.5 Å². The van der Waals surface area contributed by atoms with Crippen LogP contribution < -0.4 is 0 Å². The van der Waals surface area contributed by atoms with Crippen LogP contribution in [-0.2, 0) is 0 Å². The number of hydrogen-bond acceptors (Lipinski definition) is 2. The molecule has 0 aromatic carbocycles. The number of hydrogen-bond donors (Lipinski definition) is 2. The summed E-state index contributed by atoms with van der Waals surface area (Å²) in [6.07, 6.45) is 17.9. The molecule has 0 radical (unpaired) electrons. The van der Waals surface area contributed by atoms with Gasteiger partial charge in [0.25, 0.3) is 0 Å². The van der Waals surface area contributed by atoms with Crippen LogP contribution in [0.4, 0.5) is 0 Å². The molecule has 0 amide bonds. The minimum atomic E-state index is -0.156. The summed E-state index contributed by atoms with van der Waals surface area (Å²) in [7, 11) is 0. The number of terminal acetylenes is 1. The lowest BCUT2D eigenvalue weighted by Crippen LogP contribution is -2.66. The molecule has 5 aliphatic carbocycles. The molecule has 0 bridgehead atoms. The van der Waals surface area contributed by atoms with Crippen LogP contribution >= 0.6 is 0 Å². The molecule has 0 unspecified atom stereocenters. The van der Waals surface area contributed by atoms with Crippen molar-refractivity contribution in [3.63, 3.8) is 0 Å². The molecular formula is C29H46O2. The molecule has 2 nitrogen and oxygen atoms in total. The third-order valence-corrected chi connectivity index (χ3v) is 13.1. The maximum atomic E-state index is 10.9. The Morgan fingerprint density at radius 2 is 1.55 bits per heavy atom. The first kappa shape index (κ1) is 22.3. The highest BCUT2D eigenvalue weighted by Crippen LogP contribution is 2.77. The minimum absolute atomic E-state index is 0.0186. The highest BCUT2D eigenvalue weighted by molar-refractivity contribution is 5.21. The summed E-state index contributed by atoms with van der Waals surface area (Å²) in [4.78, 5) is 0. The van der Waals surface area contributed by atoms with Gasteiger partial charge in [0.15, 0.2) is 0 Å². The summed E-state index contributed by atoms with van der Waals surface area (Å²) in [5.41, 5.74) is 1.08. The van der Waals surface area contributed by atoms with E-state index in [1.54, 1.807) is 0 Å². The van der Waals surface area contributed by atoms with Gasteiger partial charge in [0.05, 0.1) is 6.10 Å². The van der Waals surface area contributed by atoms with Crippen LogP contribution in [0.5, 0.6) is 0 Å². The minimum Gasteiger partial charge on any atom is -0.396 e. The third kappa shape index (κ3) is 2.55. The highest BCUT2D eigenvalue weighted by Gasteiger charge is 2.70. The Bertz CT molecular complexity index is 780. The molecular weight excluding hydrogens is 380 g/mol. The second-order valence-electron chi connectivity index (χ2n) is 13.9. The van der Waals surface area contributed by atoms with Gasteiger partial charge in [-0.3, -0.25) is 0 Å². The highest BCUT2D eigenvalue weighted by atomic mass is 16.3. The van der Waals surface area contributed by atoms with E-state index in [0.717, 1.165) is 31.6 Å². The summed E-state index contributed by atoms with van der Waals surface area (Å²) >= 11 is 0. The number of fused-ring (bicyclic) bond motifs is 7. The Labute approximate surface area is 191 Å². The maximum Gasteiger partial charge on any atom is 0.0594 e.